The van der Waals surface area contributed by atoms with Gasteiger partial charge in [0.15, 0.2) is 0 Å². The van der Waals surface area contributed by atoms with Crippen LogP contribution in [0.5, 0.6) is 0 Å². The van der Waals surface area contributed by atoms with Crippen molar-refractivity contribution in [2.75, 3.05) is 4.90 Å². The van der Waals surface area contributed by atoms with Crippen molar-refractivity contribution < 1.29 is 4.42 Å². The molecule has 12 aromatic rings. The lowest BCUT2D eigenvalue weighted by Crippen LogP contribution is -2.16. The molecule has 0 radical (unpaired) electrons. The van der Waals surface area contributed by atoms with Gasteiger partial charge in [-0.1, -0.05) is 190 Å². The summed E-state index contributed by atoms with van der Waals surface area (Å²) in [5.41, 5.74) is 17.5. The van der Waals surface area contributed by atoms with Gasteiger partial charge >= 0.3 is 0 Å². The smallest absolute Gasteiger partial charge is 0.136 e. The Bertz CT molecular complexity index is 3810. The fourth-order valence-corrected chi connectivity index (χ4v) is 11.0. The third-order valence-corrected chi connectivity index (χ3v) is 14.1. The van der Waals surface area contributed by atoms with Crippen molar-refractivity contribution in [2.45, 2.75) is 19.3 Å². The second kappa shape index (κ2) is 14.4. The summed E-state index contributed by atoms with van der Waals surface area (Å²) in [5, 5.41) is 9.70. The van der Waals surface area contributed by atoms with Gasteiger partial charge in [-0.05, 0) is 126 Å². The largest absolute Gasteiger partial charge is 0.456 e. The number of benzene rings is 11. The van der Waals surface area contributed by atoms with E-state index in [1.807, 2.05) is 0 Å². The predicted molar refractivity (Wildman–Crippen MR) is 275 cm³/mol. The number of nitrogens with zero attached hydrogens (tertiary/aromatic N) is 1. The van der Waals surface area contributed by atoms with E-state index < -0.39 is 0 Å². The minimum Gasteiger partial charge on any atom is -0.456 e. The molecule has 0 fully saturated rings. The highest BCUT2D eigenvalue weighted by atomic mass is 16.3. The molecule has 1 aliphatic rings. The van der Waals surface area contributed by atoms with Crippen LogP contribution < -0.4 is 4.90 Å². The molecule has 0 spiro atoms. The second-order valence-electron chi connectivity index (χ2n) is 18.0. The maximum atomic E-state index is 6.45. The maximum absolute atomic E-state index is 6.45. The molecular weight excluding hydrogens is 787 g/mol. The van der Waals surface area contributed by atoms with Crippen LogP contribution in [0.25, 0.3) is 98.8 Å². The lowest BCUT2D eigenvalue weighted by Gasteiger charge is -2.30. The first-order valence-electron chi connectivity index (χ1n) is 22.6. The molecule has 1 aliphatic carbocycles. The first kappa shape index (κ1) is 37.4. The molecule has 11 aromatic carbocycles. The molecule has 2 heteroatoms. The minimum atomic E-state index is -0.149. The van der Waals surface area contributed by atoms with Gasteiger partial charge < -0.3 is 9.32 Å². The Morgan fingerprint density at radius 3 is 1.60 bits per heavy atom. The quantitative estimate of drug-likeness (QED) is 0.155. The minimum absolute atomic E-state index is 0.149. The van der Waals surface area contributed by atoms with Gasteiger partial charge in [0.05, 0.1) is 5.69 Å². The lowest BCUT2D eigenvalue weighted by atomic mass is 9.82. The molecule has 0 saturated carbocycles. The van der Waals surface area contributed by atoms with E-state index in [0.29, 0.717) is 0 Å². The van der Waals surface area contributed by atoms with Crippen LogP contribution in [-0.4, -0.2) is 0 Å². The van der Waals surface area contributed by atoms with E-state index in [0.717, 1.165) is 33.6 Å². The van der Waals surface area contributed by atoms with Crippen LogP contribution in [0.3, 0.4) is 0 Å². The van der Waals surface area contributed by atoms with Crippen LogP contribution in [0.15, 0.2) is 229 Å². The number of para-hydroxylation sites is 2. The van der Waals surface area contributed by atoms with E-state index in [1.165, 1.54) is 93.3 Å². The highest BCUT2D eigenvalue weighted by molar-refractivity contribution is 6.36. The monoisotopic (exact) mass is 829 g/mol. The van der Waals surface area contributed by atoms with Crippen LogP contribution in [0.1, 0.15) is 25.0 Å². The molecular formula is C63H43NO. The van der Waals surface area contributed by atoms with Gasteiger partial charge in [0.1, 0.15) is 11.2 Å². The molecule has 0 saturated heterocycles. The highest BCUT2D eigenvalue weighted by Crippen LogP contribution is 2.52. The van der Waals surface area contributed by atoms with Gasteiger partial charge in [-0.15, -0.1) is 0 Å². The SMILES string of the molecule is CC1(C)c2ccccc2-c2ccc(N(c3ccc(-c4ccc(-c5ccccc5)cc4)cc3)c3ccccc3-c3cccc4c5ccc6oc7ccccc7c6c5c5ccccc5c34)cc21. The molecule has 65 heavy (non-hydrogen) atoms. The van der Waals surface area contributed by atoms with E-state index in [1.54, 1.807) is 0 Å². The van der Waals surface area contributed by atoms with Crippen molar-refractivity contribution in [3.05, 3.63) is 236 Å². The molecule has 2 nitrogen and oxygen atoms in total. The maximum Gasteiger partial charge on any atom is 0.136 e. The first-order valence-corrected chi connectivity index (χ1v) is 22.6. The van der Waals surface area contributed by atoms with Crippen molar-refractivity contribution in [1.29, 1.82) is 0 Å². The van der Waals surface area contributed by atoms with Gasteiger partial charge in [0, 0.05) is 38.5 Å². The summed E-state index contributed by atoms with van der Waals surface area (Å²) in [4.78, 5) is 2.47. The lowest BCUT2D eigenvalue weighted by molar-refractivity contribution is 0.660. The Hall–Kier alpha value is -8.20. The van der Waals surface area contributed by atoms with Gasteiger partial charge in [-0.3, -0.25) is 0 Å². The van der Waals surface area contributed by atoms with Crippen molar-refractivity contribution in [1.82, 2.24) is 0 Å². The Morgan fingerprint density at radius 1 is 0.323 bits per heavy atom. The first-order chi connectivity index (χ1) is 32.0. The zero-order valence-corrected chi connectivity index (χ0v) is 36.2. The van der Waals surface area contributed by atoms with Crippen LogP contribution in [0, 0.1) is 0 Å². The Kier molecular flexibility index (Phi) is 8.29. The number of hydrogen-bond acceptors (Lipinski definition) is 2. The Morgan fingerprint density at radius 2 is 0.846 bits per heavy atom. The number of fused-ring (bicyclic) bond motifs is 13. The zero-order valence-electron chi connectivity index (χ0n) is 36.2. The number of furan rings is 1. The van der Waals surface area contributed by atoms with Crippen molar-refractivity contribution in [3.63, 3.8) is 0 Å². The van der Waals surface area contributed by atoms with E-state index in [-0.39, 0.29) is 5.41 Å². The van der Waals surface area contributed by atoms with Crippen LogP contribution in [-0.2, 0) is 5.41 Å². The highest BCUT2D eigenvalue weighted by Gasteiger charge is 2.36. The van der Waals surface area contributed by atoms with Gasteiger partial charge in [-0.2, -0.15) is 0 Å². The molecule has 0 N–H and O–H groups in total. The van der Waals surface area contributed by atoms with Gasteiger partial charge in [0.25, 0.3) is 0 Å². The summed E-state index contributed by atoms with van der Waals surface area (Å²) in [7, 11) is 0. The summed E-state index contributed by atoms with van der Waals surface area (Å²) in [5.74, 6) is 0. The van der Waals surface area contributed by atoms with Crippen LogP contribution in [0.4, 0.5) is 17.1 Å². The average molecular weight is 830 g/mol. The van der Waals surface area contributed by atoms with Crippen molar-refractivity contribution >= 4 is 71.3 Å². The van der Waals surface area contributed by atoms with Crippen LogP contribution in [0.2, 0.25) is 0 Å². The second-order valence-corrected chi connectivity index (χ2v) is 18.0. The average Bonchev–Trinajstić information content (AvgIpc) is 3.86. The van der Waals surface area contributed by atoms with Gasteiger partial charge in [-0.25, -0.2) is 0 Å². The summed E-state index contributed by atoms with van der Waals surface area (Å²) in [6.45, 7) is 4.73. The predicted octanol–water partition coefficient (Wildman–Crippen LogP) is 17.8. The number of rotatable bonds is 6. The summed E-state index contributed by atoms with van der Waals surface area (Å²) in [6.07, 6.45) is 0. The van der Waals surface area contributed by atoms with Crippen LogP contribution >= 0.6 is 0 Å². The van der Waals surface area contributed by atoms with Gasteiger partial charge in [0.2, 0.25) is 0 Å². The normalized spacial score (nSPS) is 12.9. The molecule has 1 heterocycles. The van der Waals surface area contributed by atoms with Crippen molar-refractivity contribution in [3.8, 4) is 44.5 Å². The zero-order chi connectivity index (χ0) is 43.2. The molecule has 0 atom stereocenters. The number of hydrogen-bond donors (Lipinski definition) is 0. The summed E-state index contributed by atoms with van der Waals surface area (Å²) >= 11 is 0. The van der Waals surface area contributed by atoms with E-state index in [2.05, 4.69) is 243 Å². The molecule has 0 aliphatic heterocycles. The summed E-state index contributed by atoms with van der Waals surface area (Å²) in [6, 6.07) is 82.2. The molecule has 13 rings (SSSR count). The number of anilines is 3. The molecule has 0 unspecified atom stereocenters. The Labute approximate surface area is 378 Å². The van der Waals surface area contributed by atoms with E-state index in [4.69, 9.17) is 4.42 Å². The fraction of sp³-hybridized carbons (Fsp3) is 0.0476. The van der Waals surface area contributed by atoms with E-state index in [9.17, 15) is 0 Å². The third kappa shape index (κ3) is 5.74. The Balaban J connectivity index is 1.02. The molecule has 0 amide bonds. The molecule has 306 valence electrons. The topological polar surface area (TPSA) is 16.4 Å². The third-order valence-electron chi connectivity index (χ3n) is 14.1. The standard InChI is InChI=1S/C63H43NO/c1-63(2)55-24-11-8-17-46(55)47-36-35-45(39-56(47)63)64(44-33-31-43(32-34-44)42-29-27-41(28-30-42)40-15-4-3-5-16-40)57-25-12-9-18-48(57)49-22-14-23-51-53-37-38-59-62(54-21-10-13-26-58(54)65-59)61(53)52-20-7-6-19-50(52)60(49)51/h3-39H,1-2H3. The van der Waals surface area contributed by atoms with Crippen molar-refractivity contribution in [2.24, 2.45) is 0 Å². The molecule has 0 bridgehead atoms. The fourth-order valence-electron chi connectivity index (χ4n) is 11.0. The summed E-state index contributed by atoms with van der Waals surface area (Å²) < 4.78 is 6.45. The molecule has 1 aromatic heterocycles. The van der Waals surface area contributed by atoms with E-state index >= 15 is 0 Å².